The Morgan fingerprint density at radius 3 is 2.66 bits per heavy atom. The quantitative estimate of drug-likeness (QED) is 0.301. The van der Waals surface area contributed by atoms with Gasteiger partial charge < -0.3 is 18.9 Å². The van der Waals surface area contributed by atoms with E-state index in [0.29, 0.717) is 52.6 Å². The molecule has 4 aromatic rings. The Hall–Kier alpha value is -4.25. The molecule has 2 aromatic carbocycles. The SMILES string of the molecule is CCc1noc(-c2ccc(Oc3cc(OCC4CCN(CC)C4=O)cc(C(=O)Nc4nccs4)c3)cc2)n1. The summed E-state index contributed by atoms with van der Waals surface area (Å²) in [6.45, 7) is 5.57. The van der Waals surface area contributed by atoms with E-state index in [1.165, 1.54) is 11.3 Å². The lowest BCUT2D eigenvalue weighted by Crippen LogP contribution is -2.29. The van der Waals surface area contributed by atoms with E-state index >= 15 is 0 Å². The molecule has 5 rings (SSSR count). The second-order valence-corrected chi connectivity index (χ2v) is 9.59. The van der Waals surface area contributed by atoms with E-state index in [1.54, 1.807) is 41.9 Å². The minimum Gasteiger partial charge on any atom is -0.493 e. The summed E-state index contributed by atoms with van der Waals surface area (Å²) < 4.78 is 17.4. The molecule has 0 radical (unpaired) electrons. The molecule has 1 saturated heterocycles. The van der Waals surface area contributed by atoms with Gasteiger partial charge in [-0.3, -0.25) is 14.9 Å². The first-order chi connectivity index (χ1) is 18.5. The summed E-state index contributed by atoms with van der Waals surface area (Å²) in [5.74, 6) is 2.02. The molecule has 0 aliphatic carbocycles. The van der Waals surface area contributed by atoms with Gasteiger partial charge in [-0.25, -0.2) is 4.98 Å². The highest BCUT2D eigenvalue weighted by molar-refractivity contribution is 7.13. The molecule has 1 atom stereocenters. The number of anilines is 1. The number of aryl methyl sites for hydroxylation is 1. The van der Waals surface area contributed by atoms with Crippen LogP contribution < -0.4 is 14.8 Å². The third-order valence-corrected chi connectivity index (χ3v) is 6.85. The number of thiazole rings is 1. The Morgan fingerprint density at radius 2 is 1.97 bits per heavy atom. The van der Waals surface area contributed by atoms with E-state index < -0.39 is 0 Å². The zero-order chi connectivity index (χ0) is 26.5. The number of amides is 2. The van der Waals surface area contributed by atoms with Gasteiger partial charge in [0.05, 0.1) is 12.5 Å². The van der Waals surface area contributed by atoms with E-state index in [4.69, 9.17) is 14.0 Å². The van der Waals surface area contributed by atoms with Crippen LogP contribution in [-0.4, -0.2) is 51.5 Å². The monoisotopic (exact) mass is 533 g/mol. The van der Waals surface area contributed by atoms with Gasteiger partial charge in [0.2, 0.25) is 5.91 Å². The third-order valence-electron chi connectivity index (χ3n) is 6.16. The Balaban J connectivity index is 1.34. The van der Waals surface area contributed by atoms with Crippen LogP contribution >= 0.6 is 11.3 Å². The van der Waals surface area contributed by atoms with Crippen molar-refractivity contribution in [3.8, 4) is 28.7 Å². The molecular formula is C27H27N5O5S. The third kappa shape index (κ3) is 5.83. The normalized spacial score (nSPS) is 15.1. The molecule has 2 amide bonds. The van der Waals surface area contributed by atoms with Crippen molar-refractivity contribution < 1.29 is 23.6 Å². The molecule has 3 heterocycles. The van der Waals surface area contributed by atoms with Gasteiger partial charge in [0.25, 0.3) is 11.8 Å². The summed E-state index contributed by atoms with van der Waals surface area (Å²) in [4.78, 5) is 35.7. The summed E-state index contributed by atoms with van der Waals surface area (Å²) >= 11 is 1.32. The number of carbonyl (C=O) groups excluding carboxylic acids is 2. The van der Waals surface area contributed by atoms with Crippen LogP contribution in [0.15, 0.2) is 58.6 Å². The lowest BCUT2D eigenvalue weighted by Gasteiger charge is -2.15. The topological polar surface area (TPSA) is 120 Å². The van der Waals surface area contributed by atoms with Gasteiger partial charge >= 0.3 is 0 Å². The van der Waals surface area contributed by atoms with Gasteiger partial charge in [0, 0.05) is 48.3 Å². The molecule has 10 nitrogen and oxygen atoms in total. The predicted octanol–water partition coefficient (Wildman–Crippen LogP) is 5.05. The summed E-state index contributed by atoms with van der Waals surface area (Å²) in [7, 11) is 0. The molecule has 0 bridgehead atoms. The van der Waals surface area contributed by atoms with Crippen LogP contribution in [0.3, 0.4) is 0 Å². The molecule has 0 saturated carbocycles. The van der Waals surface area contributed by atoms with Gasteiger partial charge in [-0.05, 0) is 49.7 Å². The first-order valence-electron chi connectivity index (χ1n) is 12.4. The zero-order valence-electron chi connectivity index (χ0n) is 21.0. The van der Waals surface area contributed by atoms with Gasteiger partial charge in [-0.2, -0.15) is 4.98 Å². The van der Waals surface area contributed by atoms with Crippen molar-refractivity contribution in [3.05, 3.63) is 65.4 Å². The Labute approximate surface area is 223 Å². The van der Waals surface area contributed by atoms with Crippen molar-refractivity contribution in [1.82, 2.24) is 20.0 Å². The molecule has 1 aliphatic rings. The fourth-order valence-corrected chi connectivity index (χ4v) is 4.61. The number of nitrogens with one attached hydrogen (secondary N) is 1. The minimum atomic E-state index is -0.345. The highest BCUT2D eigenvalue weighted by Crippen LogP contribution is 2.30. The fraction of sp³-hybridized carbons (Fsp3) is 0.296. The van der Waals surface area contributed by atoms with Crippen molar-refractivity contribution in [2.75, 3.05) is 25.0 Å². The smallest absolute Gasteiger partial charge is 0.257 e. The second kappa shape index (κ2) is 11.4. The van der Waals surface area contributed by atoms with E-state index in [1.807, 2.05) is 30.9 Å². The van der Waals surface area contributed by atoms with Crippen LogP contribution in [0.2, 0.25) is 0 Å². The number of hydrogen-bond acceptors (Lipinski definition) is 9. The van der Waals surface area contributed by atoms with E-state index in [2.05, 4.69) is 20.4 Å². The van der Waals surface area contributed by atoms with E-state index in [9.17, 15) is 9.59 Å². The maximum absolute atomic E-state index is 13.0. The van der Waals surface area contributed by atoms with Gasteiger partial charge in [0.1, 0.15) is 17.2 Å². The summed E-state index contributed by atoms with van der Waals surface area (Å²) in [6, 6.07) is 12.2. The highest BCUT2D eigenvalue weighted by atomic mass is 32.1. The number of likely N-dealkylation sites (tertiary alicyclic amines) is 1. The number of carbonyl (C=O) groups is 2. The molecule has 2 aromatic heterocycles. The minimum absolute atomic E-state index is 0.0917. The number of rotatable bonds is 10. The Morgan fingerprint density at radius 1 is 1.16 bits per heavy atom. The molecule has 1 unspecified atom stereocenters. The number of aromatic nitrogens is 3. The molecular weight excluding hydrogens is 506 g/mol. The molecule has 1 N–H and O–H groups in total. The summed E-state index contributed by atoms with van der Waals surface area (Å²) in [5.41, 5.74) is 1.11. The Kier molecular flexibility index (Phi) is 7.64. The molecule has 38 heavy (non-hydrogen) atoms. The summed E-state index contributed by atoms with van der Waals surface area (Å²) in [5, 5.41) is 8.98. The van der Waals surface area contributed by atoms with Crippen molar-refractivity contribution in [3.63, 3.8) is 0 Å². The van der Waals surface area contributed by atoms with Gasteiger partial charge in [-0.1, -0.05) is 12.1 Å². The van der Waals surface area contributed by atoms with Crippen LogP contribution in [0, 0.1) is 5.92 Å². The first kappa shape index (κ1) is 25.4. The number of benzene rings is 2. The lowest BCUT2D eigenvalue weighted by molar-refractivity contribution is -0.131. The summed E-state index contributed by atoms with van der Waals surface area (Å²) in [6.07, 6.45) is 3.05. The molecule has 196 valence electrons. The second-order valence-electron chi connectivity index (χ2n) is 8.69. The number of hydrogen-bond donors (Lipinski definition) is 1. The fourth-order valence-electron chi connectivity index (χ4n) is 4.08. The van der Waals surface area contributed by atoms with E-state index in [0.717, 1.165) is 18.5 Å². The van der Waals surface area contributed by atoms with E-state index in [-0.39, 0.29) is 24.3 Å². The lowest BCUT2D eigenvalue weighted by atomic mass is 10.1. The number of ether oxygens (including phenoxy) is 2. The largest absolute Gasteiger partial charge is 0.493 e. The highest BCUT2D eigenvalue weighted by Gasteiger charge is 2.31. The van der Waals surface area contributed by atoms with Gasteiger partial charge in [0.15, 0.2) is 11.0 Å². The zero-order valence-corrected chi connectivity index (χ0v) is 21.9. The van der Waals surface area contributed by atoms with Crippen LogP contribution in [0.25, 0.3) is 11.5 Å². The molecule has 1 fully saturated rings. The first-order valence-corrected chi connectivity index (χ1v) is 13.3. The van der Waals surface area contributed by atoms with Crippen molar-refractivity contribution in [2.45, 2.75) is 26.7 Å². The molecule has 0 spiro atoms. The molecule has 11 heteroatoms. The maximum atomic E-state index is 13.0. The predicted molar refractivity (Wildman–Crippen MR) is 142 cm³/mol. The van der Waals surface area contributed by atoms with Crippen LogP contribution in [0.4, 0.5) is 5.13 Å². The van der Waals surface area contributed by atoms with Gasteiger partial charge in [-0.15, -0.1) is 11.3 Å². The average Bonchev–Trinajstić information content (AvgIpc) is 3.69. The van der Waals surface area contributed by atoms with Crippen molar-refractivity contribution >= 4 is 28.3 Å². The molecule has 1 aliphatic heterocycles. The van der Waals surface area contributed by atoms with Crippen LogP contribution in [0.1, 0.15) is 36.5 Å². The van der Waals surface area contributed by atoms with Crippen LogP contribution in [0.5, 0.6) is 17.2 Å². The Bertz CT molecular complexity index is 1400. The van der Waals surface area contributed by atoms with Crippen LogP contribution in [-0.2, 0) is 11.2 Å². The standard InChI is InChI=1S/C27H27N5O5S/c1-3-23-29-25(37-31-23)17-5-7-20(8-6-17)36-22-14-19(24(33)30-27-28-10-12-38-27)13-21(15-22)35-16-18-9-11-32(4-2)26(18)34/h5-8,10,12-15,18H,3-4,9,11,16H2,1-2H3,(H,28,30,33). The van der Waals surface area contributed by atoms with Crippen molar-refractivity contribution in [1.29, 1.82) is 0 Å². The average molecular weight is 534 g/mol. The van der Waals surface area contributed by atoms with Crippen molar-refractivity contribution in [2.24, 2.45) is 5.92 Å². The maximum Gasteiger partial charge on any atom is 0.257 e. The number of nitrogens with zero attached hydrogens (tertiary/aromatic N) is 4.